The quantitative estimate of drug-likeness (QED) is 0.765. The summed E-state index contributed by atoms with van der Waals surface area (Å²) >= 11 is 0. The molecule has 0 saturated carbocycles. The normalized spacial score (nSPS) is 15.9. The van der Waals surface area contributed by atoms with E-state index in [0.717, 1.165) is 5.56 Å². The lowest BCUT2D eigenvalue weighted by Gasteiger charge is -2.17. The molecule has 0 atom stereocenters. The second-order valence-corrected chi connectivity index (χ2v) is 3.79. The number of imide groups is 1. The molecule has 1 aromatic carbocycles. The van der Waals surface area contributed by atoms with Gasteiger partial charge in [-0.3, -0.25) is 14.5 Å². The van der Waals surface area contributed by atoms with Crippen molar-refractivity contribution in [2.75, 3.05) is 11.4 Å². The number of nitrogens with zero attached hydrogens (tertiary/aromatic N) is 1. The zero-order valence-corrected chi connectivity index (χ0v) is 8.98. The molecule has 0 spiro atoms. The molecule has 2 N–H and O–H groups in total. The van der Waals surface area contributed by atoms with Crippen molar-refractivity contribution in [3.63, 3.8) is 0 Å². The van der Waals surface area contributed by atoms with Crippen molar-refractivity contribution in [2.24, 2.45) is 5.73 Å². The molecule has 1 saturated heterocycles. The van der Waals surface area contributed by atoms with Gasteiger partial charge in [0.25, 0.3) is 0 Å². The molecule has 4 heteroatoms. The Kier molecular flexibility index (Phi) is 3.01. The monoisotopic (exact) mass is 218 g/mol. The first kappa shape index (κ1) is 10.8. The molecule has 1 heterocycles. The Bertz CT molecular complexity index is 413. The fraction of sp³-hybridized carbons (Fsp3) is 0.333. The zero-order valence-electron chi connectivity index (χ0n) is 8.98. The summed E-state index contributed by atoms with van der Waals surface area (Å²) in [5.41, 5.74) is 7.16. The number of amides is 2. The first-order valence-corrected chi connectivity index (χ1v) is 5.38. The van der Waals surface area contributed by atoms with Crippen LogP contribution in [0.25, 0.3) is 0 Å². The minimum Gasteiger partial charge on any atom is -0.330 e. The van der Waals surface area contributed by atoms with Gasteiger partial charge in [-0.25, -0.2) is 0 Å². The van der Waals surface area contributed by atoms with Gasteiger partial charge < -0.3 is 5.73 Å². The lowest BCUT2D eigenvalue weighted by Crippen LogP contribution is -2.29. The van der Waals surface area contributed by atoms with E-state index in [1.165, 1.54) is 4.90 Å². The van der Waals surface area contributed by atoms with Gasteiger partial charge >= 0.3 is 0 Å². The third-order valence-corrected chi connectivity index (χ3v) is 2.70. The van der Waals surface area contributed by atoms with Gasteiger partial charge in [0.05, 0.1) is 5.69 Å². The smallest absolute Gasteiger partial charge is 0.234 e. The molecule has 1 aliphatic heterocycles. The number of carbonyl (C=O) groups excluding carboxylic acids is 2. The Morgan fingerprint density at radius 3 is 2.38 bits per heavy atom. The van der Waals surface area contributed by atoms with Gasteiger partial charge in [0.15, 0.2) is 0 Å². The number of carbonyl (C=O) groups is 2. The van der Waals surface area contributed by atoms with E-state index in [1.54, 1.807) is 6.07 Å². The summed E-state index contributed by atoms with van der Waals surface area (Å²) in [4.78, 5) is 24.5. The standard InChI is InChI=1S/C12H14N2O2/c13-8-7-9-3-1-2-4-10(9)14-11(15)5-6-12(14)16/h1-4H,5-8,13H2. The summed E-state index contributed by atoms with van der Waals surface area (Å²) in [6, 6.07) is 7.42. The van der Waals surface area contributed by atoms with Gasteiger partial charge in [0.2, 0.25) is 11.8 Å². The Labute approximate surface area is 94.0 Å². The predicted molar refractivity (Wildman–Crippen MR) is 60.9 cm³/mol. The van der Waals surface area contributed by atoms with Crippen molar-refractivity contribution in [1.29, 1.82) is 0 Å². The largest absolute Gasteiger partial charge is 0.330 e. The minimum absolute atomic E-state index is 0.116. The van der Waals surface area contributed by atoms with Crippen LogP contribution in [-0.2, 0) is 16.0 Å². The van der Waals surface area contributed by atoms with Crippen molar-refractivity contribution in [3.05, 3.63) is 29.8 Å². The molecule has 0 aromatic heterocycles. The van der Waals surface area contributed by atoms with Crippen LogP contribution in [0.1, 0.15) is 18.4 Å². The molecule has 1 fully saturated rings. The summed E-state index contributed by atoms with van der Waals surface area (Å²) in [6.45, 7) is 0.507. The molecule has 2 rings (SSSR count). The van der Waals surface area contributed by atoms with E-state index >= 15 is 0 Å². The lowest BCUT2D eigenvalue weighted by atomic mass is 10.1. The number of hydrogen-bond acceptors (Lipinski definition) is 3. The molecule has 2 amide bonds. The molecule has 84 valence electrons. The van der Waals surface area contributed by atoms with E-state index < -0.39 is 0 Å². The molecular formula is C12H14N2O2. The van der Waals surface area contributed by atoms with Gasteiger partial charge in [-0.2, -0.15) is 0 Å². The van der Waals surface area contributed by atoms with Crippen molar-refractivity contribution >= 4 is 17.5 Å². The van der Waals surface area contributed by atoms with Crippen molar-refractivity contribution in [2.45, 2.75) is 19.3 Å². The Morgan fingerprint density at radius 2 is 1.75 bits per heavy atom. The molecule has 1 aliphatic rings. The summed E-state index contributed by atoms with van der Waals surface area (Å²) in [7, 11) is 0. The van der Waals surface area contributed by atoms with Crippen molar-refractivity contribution in [1.82, 2.24) is 0 Å². The number of anilines is 1. The maximum absolute atomic E-state index is 11.6. The fourth-order valence-corrected chi connectivity index (χ4v) is 1.94. The van der Waals surface area contributed by atoms with E-state index in [-0.39, 0.29) is 11.8 Å². The highest BCUT2D eigenvalue weighted by Crippen LogP contribution is 2.26. The van der Waals surface area contributed by atoms with E-state index in [4.69, 9.17) is 5.73 Å². The van der Waals surface area contributed by atoms with Crippen LogP contribution in [-0.4, -0.2) is 18.4 Å². The number of para-hydroxylation sites is 1. The van der Waals surface area contributed by atoms with Gasteiger partial charge in [-0.05, 0) is 24.6 Å². The van der Waals surface area contributed by atoms with Crippen LogP contribution in [0.4, 0.5) is 5.69 Å². The number of benzene rings is 1. The van der Waals surface area contributed by atoms with Gasteiger partial charge in [-0.1, -0.05) is 18.2 Å². The highest BCUT2D eigenvalue weighted by molar-refractivity contribution is 6.20. The van der Waals surface area contributed by atoms with Gasteiger partial charge in [0, 0.05) is 12.8 Å². The SMILES string of the molecule is NCCc1ccccc1N1C(=O)CCC1=O. The second kappa shape index (κ2) is 4.45. The van der Waals surface area contributed by atoms with Gasteiger partial charge in [-0.15, -0.1) is 0 Å². The topological polar surface area (TPSA) is 63.4 Å². The lowest BCUT2D eigenvalue weighted by molar-refractivity contribution is -0.121. The second-order valence-electron chi connectivity index (χ2n) is 3.79. The van der Waals surface area contributed by atoms with E-state index in [1.807, 2.05) is 18.2 Å². The summed E-state index contributed by atoms with van der Waals surface area (Å²) < 4.78 is 0. The van der Waals surface area contributed by atoms with Crippen molar-refractivity contribution in [3.8, 4) is 0 Å². The molecule has 0 radical (unpaired) electrons. The third kappa shape index (κ3) is 1.84. The Hall–Kier alpha value is -1.68. The average molecular weight is 218 g/mol. The molecule has 0 unspecified atom stereocenters. The first-order chi connectivity index (χ1) is 7.74. The van der Waals surface area contributed by atoms with Crippen LogP contribution >= 0.6 is 0 Å². The third-order valence-electron chi connectivity index (χ3n) is 2.70. The molecule has 16 heavy (non-hydrogen) atoms. The fourth-order valence-electron chi connectivity index (χ4n) is 1.94. The van der Waals surface area contributed by atoms with Crippen LogP contribution in [0, 0.1) is 0 Å². The van der Waals surface area contributed by atoms with Crippen LogP contribution in [0.5, 0.6) is 0 Å². The maximum atomic E-state index is 11.6. The number of hydrogen-bond donors (Lipinski definition) is 1. The summed E-state index contributed by atoms with van der Waals surface area (Å²) in [6.07, 6.45) is 1.30. The van der Waals surface area contributed by atoms with E-state index in [0.29, 0.717) is 31.5 Å². The van der Waals surface area contributed by atoms with Crippen LogP contribution < -0.4 is 10.6 Å². The summed E-state index contributed by atoms with van der Waals surface area (Å²) in [5, 5.41) is 0. The molecular weight excluding hydrogens is 204 g/mol. The zero-order chi connectivity index (χ0) is 11.5. The van der Waals surface area contributed by atoms with Crippen LogP contribution in [0.15, 0.2) is 24.3 Å². The highest BCUT2D eigenvalue weighted by Gasteiger charge is 2.31. The molecule has 0 aliphatic carbocycles. The number of rotatable bonds is 3. The maximum Gasteiger partial charge on any atom is 0.234 e. The minimum atomic E-state index is -0.116. The summed E-state index contributed by atoms with van der Waals surface area (Å²) in [5.74, 6) is -0.232. The Balaban J connectivity index is 2.38. The van der Waals surface area contributed by atoms with E-state index in [2.05, 4.69) is 0 Å². The van der Waals surface area contributed by atoms with Crippen LogP contribution in [0.3, 0.4) is 0 Å². The predicted octanol–water partition coefficient (Wildman–Crippen LogP) is 0.841. The number of nitrogens with two attached hydrogens (primary N) is 1. The van der Waals surface area contributed by atoms with Crippen molar-refractivity contribution < 1.29 is 9.59 Å². The Morgan fingerprint density at radius 1 is 1.12 bits per heavy atom. The molecule has 0 bridgehead atoms. The van der Waals surface area contributed by atoms with Crippen LogP contribution in [0.2, 0.25) is 0 Å². The highest BCUT2D eigenvalue weighted by atomic mass is 16.2. The first-order valence-electron chi connectivity index (χ1n) is 5.38. The molecule has 1 aromatic rings. The average Bonchev–Trinajstić information content (AvgIpc) is 2.60. The van der Waals surface area contributed by atoms with E-state index in [9.17, 15) is 9.59 Å². The molecule has 4 nitrogen and oxygen atoms in total. The van der Waals surface area contributed by atoms with Gasteiger partial charge in [0.1, 0.15) is 0 Å².